The molecule has 1 aliphatic heterocycles. The topological polar surface area (TPSA) is 84.0 Å². The number of H-pyrrole nitrogens is 1. The Kier molecular flexibility index (Phi) is 5.44. The number of aromatic nitrogens is 2. The van der Waals surface area contributed by atoms with Crippen LogP contribution in [0.5, 0.6) is 0 Å². The van der Waals surface area contributed by atoms with Crippen molar-refractivity contribution in [2.24, 2.45) is 0 Å². The Morgan fingerprint density at radius 1 is 1.05 bits per heavy atom. The number of halogens is 1. The van der Waals surface area contributed by atoms with E-state index in [-0.39, 0.29) is 11.5 Å². The van der Waals surface area contributed by atoms with Gasteiger partial charge in [0.05, 0.1) is 15.8 Å². The molecule has 1 fully saturated rings. The zero-order valence-corrected chi connectivity index (χ0v) is 21.0. The molecule has 37 heavy (non-hydrogen) atoms. The third-order valence-corrected chi connectivity index (χ3v) is 8.18. The molecule has 0 aliphatic carbocycles. The molecule has 2 aromatic heterocycles. The predicted octanol–water partition coefficient (Wildman–Crippen LogP) is 5.18. The average Bonchev–Trinajstić information content (AvgIpc) is 3.27. The number of terminal acetylenes is 1. The van der Waals surface area contributed by atoms with Gasteiger partial charge >= 0.3 is 10.2 Å². The van der Waals surface area contributed by atoms with Gasteiger partial charge < -0.3 is 14.9 Å². The Labute approximate surface area is 213 Å². The van der Waals surface area contributed by atoms with Crippen molar-refractivity contribution in [3.63, 3.8) is 0 Å². The van der Waals surface area contributed by atoms with Crippen LogP contribution in [0.1, 0.15) is 30.0 Å². The molecule has 6 nitrogen and oxygen atoms in total. The van der Waals surface area contributed by atoms with Crippen molar-refractivity contribution in [1.82, 2.24) is 14.9 Å². The van der Waals surface area contributed by atoms with Crippen LogP contribution in [0.25, 0.3) is 44.0 Å². The molecule has 6 rings (SSSR count). The maximum atomic E-state index is 13.9. The second-order valence-electron chi connectivity index (χ2n) is 9.58. The highest BCUT2D eigenvalue weighted by Crippen LogP contribution is 2.35. The second-order valence-corrected chi connectivity index (χ2v) is 10.9. The van der Waals surface area contributed by atoms with Crippen molar-refractivity contribution >= 4 is 43.1 Å². The fourth-order valence-corrected chi connectivity index (χ4v) is 6.10. The van der Waals surface area contributed by atoms with E-state index in [4.69, 9.17) is 6.42 Å². The first kappa shape index (κ1) is 23.5. The lowest BCUT2D eigenvalue weighted by Gasteiger charge is -2.28. The molecule has 0 unspecified atom stereocenters. The van der Waals surface area contributed by atoms with E-state index in [1.54, 1.807) is 6.07 Å². The summed E-state index contributed by atoms with van der Waals surface area (Å²) < 4.78 is 39.1. The van der Waals surface area contributed by atoms with Gasteiger partial charge in [-0.25, -0.2) is 0 Å². The molecule has 0 bridgehead atoms. The number of piperidine rings is 1. The standard InChI is InChI=1S/C29H24FN3O3S/c1-3-18-7-8-22-25(14-18)32-29-27(22)28(34)24-13-17(2)23(19-5-4-6-21(15-19)37(30,35)36)16-26(24)33(29)20-9-11-31-12-10-20/h1,4-8,13-16,20,31-32H,9-12H2,2H3. The third kappa shape index (κ3) is 3.82. The summed E-state index contributed by atoms with van der Waals surface area (Å²) in [7, 11) is -4.85. The van der Waals surface area contributed by atoms with Crippen LogP contribution in [0.15, 0.2) is 64.3 Å². The van der Waals surface area contributed by atoms with Gasteiger partial charge in [0, 0.05) is 27.9 Å². The maximum Gasteiger partial charge on any atom is 0.332 e. The summed E-state index contributed by atoms with van der Waals surface area (Å²) in [5.74, 6) is 2.65. The van der Waals surface area contributed by atoms with Crippen LogP contribution >= 0.6 is 0 Å². The first-order chi connectivity index (χ1) is 17.8. The molecule has 1 saturated heterocycles. The maximum absolute atomic E-state index is 13.9. The fourth-order valence-electron chi connectivity index (χ4n) is 5.59. The van der Waals surface area contributed by atoms with Gasteiger partial charge in [-0.2, -0.15) is 8.42 Å². The number of benzene rings is 3. The first-order valence-corrected chi connectivity index (χ1v) is 13.5. The number of nitrogens with zero attached hydrogens (tertiary/aromatic N) is 1. The zero-order chi connectivity index (χ0) is 25.9. The summed E-state index contributed by atoms with van der Waals surface area (Å²) >= 11 is 0. The summed E-state index contributed by atoms with van der Waals surface area (Å²) in [6, 6.07) is 15.4. The summed E-state index contributed by atoms with van der Waals surface area (Å²) in [5.41, 5.74) is 5.05. The Morgan fingerprint density at radius 2 is 1.84 bits per heavy atom. The molecule has 5 aromatic rings. The quantitative estimate of drug-likeness (QED) is 0.257. The number of aromatic amines is 1. The smallest absolute Gasteiger partial charge is 0.332 e. The van der Waals surface area contributed by atoms with E-state index in [9.17, 15) is 17.1 Å². The minimum atomic E-state index is -4.85. The number of nitrogens with one attached hydrogen (secondary N) is 2. The number of pyridine rings is 1. The molecule has 0 saturated carbocycles. The average molecular weight is 514 g/mol. The lowest BCUT2D eigenvalue weighted by molar-refractivity contribution is 0.381. The van der Waals surface area contributed by atoms with Crippen molar-refractivity contribution < 1.29 is 12.3 Å². The zero-order valence-electron chi connectivity index (χ0n) is 20.1. The van der Waals surface area contributed by atoms with Gasteiger partial charge in [-0.3, -0.25) is 4.79 Å². The van der Waals surface area contributed by atoms with E-state index in [0.29, 0.717) is 16.3 Å². The summed E-state index contributed by atoms with van der Waals surface area (Å²) in [6.45, 7) is 3.59. The van der Waals surface area contributed by atoms with Crippen molar-refractivity contribution in [3.8, 4) is 23.5 Å². The Bertz CT molecular complexity index is 1940. The van der Waals surface area contributed by atoms with Crippen molar-refractivity contribution in [2.75, 3.05) is 13.1 Å². The molecule has 0 radical (unpaired) electrons. The van der Waals surface area contributed by atoms with Gasteiger partial charge in [0.1, 0.15) is 5.65 Å². The highest BCUT2D eigenvalue weighted by atomic mass is 32.3. The monoisotopic (exact) mass is 513 g/mol. The largest absolute Gasteiger partial charge is 0.340 e. The van der Waals surface area contributed by atoms with Crippen LogP contribution in [0.4, 0.5) is 3.89 Å². The number of hydrogen-bond donors (Lipinski definition) is 2. The molecule has 0 atom stereocenters. The number of hydrogen-bond acceptors (Lipinski definition) is 4. The highest BCUT2D eigenvalue weighted by Gasteiger charge is 2.24. The normalized spacial score (nSPS) is 14.9. The van der Waals surface area contributed by atoms with Crippen molar-refractivity contribution in [2.45, 2.75) is 30.7 Å². The third-order valence-electron chi connectivity index (χ3n) is 7.36. The van der Waals surface area contributed by atoms with E-state index in [1.807, 2.05) is 37.3 Å². The van der Waals surface area contributed by atoms with Crippen molar-refractivity contribution in [3.05, 3.63) is 75.9 Å². The lowest BCUT2D eigenvalue weighted by atomic mass is 9.96. The van der Waals surface area contributed by atoms with Crippen LogP contribution in [-0.4, -0.2) is 31.1 Å². The van der Waals surface area contributed by atoms with Crippen LogP contribution in [0.2, 0.25) is 0 Å². The van der Waals surface area contributed by atoms with E-state index < -0.39 is 15.1 Å². The molecule has 0 amide bonds. The van der Waals surface area contributed by atoms with Crippen LogP contribution in [-0.2, 0) is 10.2 Å². The lowest BCUT2D eigenvalue weighted by Crippen LogP contribution is -2.30. The van der Waals surface area contributed by atoms with Gasteiger partial charge in [0.15, 0.2) is 5.43 Å². The van der Waals surface area contributed by atoms with Crippen LogP contribution in [0, 0.1) is 19.3 Å². The minimum Gasteiger partial charge on any atom is -0.340 e. The van der Waals surface area contributed by atoms with Gasteiger partial charge in [0.25, 0.3) is 0 Å². The Hall–Kier alpha value is -3.93. The minimum absolute atomic E-state index is 0.0790. The van der Waals surface area contributed by atoms with Gasteiger partial charge in [-0.05, 0) is 85.9 Å². The molecule has 2 N–H and O–H groups in total. The molecule has 186 valence electrons. The SMILES string of the molecule is C#Cc1ccc2c(c1)[nH]c1c2c(=O)c2cc(C)c(-c3cccc(S(=O)(=O)F)c3)cc2n1C1CCNCC1. The summed E-state index contributed by atoms with van der Waals surface area (Å²) in [5, 5.41) is 5.44. The molecule has 3 heterocycles. The second kappa shape index (κ2) is 8.58. The molecule has 3 aromatic carbocycles. The van der Waals surface area contributed by atoms with E-state index in [0.717, 1.165) is 64.7 Å². The summed E-state index contributed by atoms with van der Waals surface area (Å²) in [4.78, 5) is 17.0. The molecular weight excluding hydrogens is 489 g/mol. The molecule has 8 heteroatoms. The fraction of sp³-hybridized carbons (Fsp3) is 0.207. The molecule has 1 aliphatic rings. The number of rotatable bonds is 3. The van der Waals surface area contributed by atoms with E-state index >= 15 is 0 Å². The highest BCUT2D eigenvalue weighted by molar-refractivity contribution is 7.86. The molecule has 0 spiro atoms. The number of fused-ring (bicyclic) bond motifs is 4. The molecular formula is C29H24FN3O3S. The van der Waals surface area contributed by atoms with E-state index in [2.05, 4.69) is 20.8 Å². The van der Waals surface area contributed by atoms with E-state index in [1.165, 1.54) is 18.2 Å². The van der Waals surface area contributed by atoms with Gasteiger partial charge in [0.2, 0.25) is 0 Å². The predicted molar refractivity (Wildman–Crippen MR) is 145 cm³/mol. The number of aryl methyl sites for hydroxylation is 1. The van der Waals surface area contributed by atoms with Crippen LogP contribution < -0.4 is 10.7 Å². The summed E-state index contributed by atoms with van der Waals surface area (Å²) in [6.07, 6.45) is 7.39. The van der Waals surface area contributed by atoms with Gasteiger partial charge in [-0.1, -0.05) is 24.1 Å². The van der Waals surface area contributed by atoms with Crippen molar-refractivity contribution in [1.29, 1.82) is 0 Å². The Morgan fingerprint density at radius 3 is 2.57 bits per heavy atom. The van der Waals surface area contributed by atoms with Gasteiger partial charge in [-0.15, -0.1) is 10.3 Å². The van der Waals surface area contributed by atoms with Crippen LogP contribution in [0.3, 0.4) is 0 Å². The first-order valence-electron chi connectivity index (χ1n) is 12.1. The Balaban J connectivity index is 1.72.